The molecule has 0 unspecified atom stereocenters. The van der Waals surface area contributed by atoms with Gasteiger partial charge in [0.2, 0.25) is 5.91 Å². The molecule has 0 aliphatic heterocycles. The van der Waals surface area contributed by atoms with Crippen LogP contribution in [0.3, 0.4) is 0 Å². The van der Waals surface area contributed by atoms with Crippen LogP contribution in [-0.2, 0) is 21.4 Å². The minimum Gasteiger partial charge on any atom is -0.494 e. The molecule has 0 bridgehead atoms. The summed E-state index contributed by atoms with van der Waals surface area (Å²) in [5, 5.41) is 2.84. The van der Waals surface area contributed by atoms with Gasteiger partial charge in [-0.2, -0.15) is 0 Å². The molecule has 6 nitrogen and oxygen atoms in total. The first-order valence-electron chi connectivity index (χ1n) is 10.4. The fourth-order valence-electron chi connectivity index (χ4n) is 3.22. The van der Waals surface area contributed by atoms with Gasteiger partial charge in [-0.3, -0.25) is 9.10 Å². The third kappa shape index (κ3) is 5.68. The van der Waals surface area contributed by atoms with E-state index in [-0.39, 0.29) is 17.3 Å². The summed E-state index contributed by atoms with van der Waals surface area (Å²) >= 11 is 0. The van der Waals surface area contributed by atoms with Crippen molar-refractivity contribution in [3.63, 3.8) is 0 Å². The Morgan fingerprint density at radius 3 is 2.22 bits per heavy atom. The van der Waals surface area contributed by atoms with E-state index in [9.17, 15) is 13.2 Å². The van der Waals surface area contributed by atoms with Crippen molar-refractivity contribution in [3.05, 3.63) is 89.5 Å². The summed E-state index contributed by atoms with van der Waals surface area (Å²) in [5.41, 5.74) is 3.47. The number of aryl methyl sites for hydroxylation is 2. The third-order valence-corrected chi connectivity index (χ3v) is 6.86. The second-order valence-electron chi connectivity index (χ2n) is 7.45. The van der Waals surface area contributed by atoms with Crippen LogP contribution in [0.4, 0.5) is 5.69 Å². The van der Waals surface area contributed by atoms with E-state index in [4.69, 9.17) is 4.74 Å². The first-order chi connectivity index (χ1) is 15.3. The predicted molar refractivity (Wildman–Crippen MR) is 126 cm³/mol. The smallest absolute Gasteiger partial charge is 0.264 e. The van der Waals surface area contributed by atoms with Crippen LogP contribution < -0.4 is 14.4 Å². The predicted octanol–water partition coefficient (Wildman–Crippen LogP) is 4.21. The molecule has 168 valence electrons. The Hall–Kier alpha value is -3.32. The lowest BCUT2D eigenvalue weighted by Crippen LogP contribution is -2.40. The average Bonchev–Trinajstić information content (AvgIpc) is 2.78. The summed E-state index contributed by atoms with van der Waals surface area (Å²) in [7, 11) is -3.97. The molecule has 1 amide bonds. The van der Waals surface area contributed by atoms with Crippen molar-refractivity contribution >= 4 is 21.6 Å². The monoisotopic (exact) mass is 452 g/mol. The quantitative estimate of drug-likeness (QED) is 0.528. The molecule has 3 aromatic carbocycles. The van der Waals surface area contributed by atoms with Gasteiger partial charge in [0.1, 0.15) is 12.3 Å². The van der Waals surface area contributed by atoms with Gasteiger partial charge in [0.25, 0.3) is 10.0 Å². The summed E-state index contributed by atoms with van der Waals surface area (Å²) in [4.78, 5) is 12.8. The number of benzene rings is 3. The molecule has 0 saturated carbocycles. The maximum atomic E-state index is 13.5. The molecular weight excluding hydrogens is 424 g/mol. The van der Waals surface area contributed by atoms with E-state index in [2.05, 4.69) is 5.32 Å². The number of ether oxygens (including phenoxy) is 1. The zero-order chi connectivity index (χ0) is 23.1. The average molecular weight is 453 g/mol. The van der Waals surface area contributed by atoms with Gasteiger partial charge in [-0.05, 0) is 68.3 Å². The molecule has 0 radical (unpaired) electrons. The van der Waals surface area contributed by atoms with Crippen molar-refractivity contribution in [3.8, 4) is 5.75 Å². The lowest BCUT2D eigenvalue weighted by Gasteiger charge is -2.24. The number of carbonyl (C=O) groups is 1. The van der Waals surface area contributed by atoms with E-state index in [1.165, 1.54) is 12.1 Å². The molecule has 1 N–H and O–H groups in total. The number of anilines is 1. The highest BCUT2D eigenvalue weighted by atomic mass is 32.2. The van der Waals surface area contributed by atoms with Crippen LogP contribution in [0.15, 0.2) is 77.7 Å². The molecule has 7 heteroatoms. The van der Waals surface area contributed by atoms with Gasteiger partial charge < -0.3 is 10.1 Å². The summed E-state index contributed by atoms with van der Waals surface area (Å²) in [6.45, 7) is 6.24. The first kappa shape index (κ1) is 23.3. The van der Waals surface area contributed by atoms with Crippen molar-refractivity contribution in [2.45, 2.75) is 32.2 Å². The van der Waals surface area contributed by atoms with E-state index in [1.54, 1.807) is 24.3 Å². The topological polar surface area (TPSA) is 75.7 Å². The highest BCUT2D eigenvalue weighted by Gasteiger charge is 2.27. The molecule has 0 saturated heterocycles. The number of rotatable bonds is 9. The molecule has 0 aromatic heterocycles. The summed E-state index contributed by atoms with van der Waals surface area (Å²) in [6.07, 6.45) is 0. The number of nitrogens with zero attached hydrogens (tertiary/aromatic N) is 1. The van der Waals surface area contributed by atoms with Gasteiger partial charge >= 0.3 is 0 Å². The maximum absolute atomic E-state index is 13.5. The number of sulfonamides is 1. The molecule has 3 rings (SSSR count). The molecule has 0 fully saturated rings. The van der Waals surface area contributed by atoms with Crippen molar-refractivity contribution in [2.24, 2.45) is 0 Å². The molecule has 0 heterocycles. The summed E-state index contributed by atoms with van der Waals surface area (Å²) < 4.78 is 33.5. The van der Waals surface area contributed by atoms with Crippen LogP contribution in [0.1, 0.15) is 23.6 Å². The fourth-order valence-corrected chi connectivity index (χ4v) is 4.64. The van der Waals surface area contributed by atoms with Crippen LogP contribution >= 0.6 is 0 Å². The van der Waals surface area contributed by atoms with Crippen molar-refractivity contribution in [2.75, 3.05) is 17.5 Å². The van der Waals surface area contributed by atoms with Crippen molar-refractivity contribution < 1.29 is 17.9 Å². The second kappa shape index (κ2) is 10.3. The number of nitrogens with one attached hydrogen (secondary N) is 1. The Balaban J connectivity index is 1.85. The Morgan fingerprint density at radius 1 is 0.938 bits per heavy atom. The van der Waals surface area contributed by atoms with Gasteiger partial charge in [-0.25, -0.2) is 8.42 Å². The van der Waals surface area contributed by atoms with Crippen LogP contribution in [0, 0.1) is 13.8 Å². The standard InChI is InChI=1S/C25H28N2O4S/c1-4-31-23-13-15-24(16-14-23)32(29,30)27(22-11-9-19(2)10-12-22)18-25(28)26-17-21-8-6-5-7-20(21)3/h5-16H,4,17-18H2,1-3H3,(H,26,28). The summed E-state index contributed by atoms with van der Waals surface area (Å²) in [6, 6.07) is 21.0. The van der Waals surface area contributed by atoms with E-state index in [0.29, 0.717) is 24.6 Å². The van der Waals surface area contributed by atoms with E-state index < -0.39 is 10.0 Å². The van der Waals surface area contributed by atoms with Gasteiger partial charge in [0, 0.05) is 6.54 Å². The highest BCUT2D eigenvalue weighted by molar-refractivity contribution is 7.92. The minimum absolute atomic E-state index is 0.0910. The van der Waals surface area contributed by atoms with E-state index >= 15 is 0 Å². The van der Waals surface area contributed by atoms with Crippen molar-refractivity contribution in [1.82, 2.24) is 5.32 Å². The summed E-state index contributed by atoms with van der Waals surface area (Å²) in [5.74, 6) is 0.202. The largest absolute Gasteiger partial charge is 0.494 e. The highest BCUT2D eigenvalue weighted by Crippen LogP contribution is 2.25. The maximum Gasteiger partial charge on any atom is 0.264 e. The third-order valence-electron chi connectivity index (χ3n) is 5.07. The van der Waals surface area contributed by atoms with Gasteiger partial charge in [-0.1, -0.05) is 42.0 Å². The lowest BCUT2D eigenvalue weighted by molar-refractivity contribution is -0.119. The SMILES string of the molecule is CCOc1ccc(S(=O)(=O)N(CC(=O)NCc2ccccc2C)c2ccc(C)cc2)cc1. The molecule has 32 heavy (non-hydrogen) atoms. The molecule has 0 aliphatic rings. The van der Waals surface area contributed by atoms with E-state index in [0.717, 1.165) is 21.0 Å². The van der Waals surface area contributed by atoms with Crippen LogP contribution in [0.5, 0.6) is 5.75 Å². The molecule has 0 spiro atoms. The Morgan fingerprint density at radius 2 is 1.59 bits per heavy atom. The zero-order valence-corrected chi connectivity index (χ0v) is 19.4. The number of hydrogen-bond donors (Lipinski definition) is 1. The van der Waals surface area contributed by atoms with Gasteiger partial charge in [0.05, 0.1) is 17.2 Å². The number of hydrogen-bond acceptors (Lipinski definition) is 4. The number of carbonyl (C=O) groups excluding carboxylic acids is 1. The van der Waals surface area contributed by atoms with Crippen LogP contribution in [0.25, 0.3) is 0 Å². The Bertz CT molecular complexity index is 1160. The first-order valence-corrected chi connectivity index (χ1v) is 11.9. The lowest BCUT2D eigenvalue weighted by atomic mass is 10.1. The van der Waals surface area contributed by atoms with Crippen molar-refractivity contribution in [1.29, 1.82) is 0 Å². The fraction of sp³-hybridized carbons (Fsp3) is 0.240. The van der Waals surface area contributed by atoms with E-state index in [1.807, 2.05) is 57.2 Å². The zero-order valence-electron chi connectivity index (χ0n) is 18.5. The molecule has 3 aromatic rings. The Labute approximate surface area is 189 Å². The number of amides is 1. The van der Waals surface area contributed by atoms with Gasteiger partial charge in [0.15, 0.2) is 0 Å². The van der Waals surface area contributed by atoms with Crippen LogP contribution in [-0.4, -0.2) is 27.5 Å². The molecule has 0 aliphatic carbocycles. The Kier molecular flexibility index (Phi) is 7.53. The second-order valence-corrected chi connectivity index (χ2v) is 9.32. The molecular formula is C25H28N2O4S. The van der Waals surface area contributed by atoms with Gasteiger partial charge in [-0.15, -0.1) is 0 Å². The normalized spacial score (nSPS) is 11.1. The van der Waals surface area contributed by atoms with Crippen LogP contribution in [0.2, 0.25) is 0 Å². The minimum atomic E-state index is -3.97. The molecule has 0 atom stereocenters.